The lowest BCUT2D eigenvalue weighted by atomic mass is 10.1. The largest absolute Gasteiger partial charge is 0.493 e. The average Bonchev–Trinajstić information content (AvgIpc) is 2.39. The highest BCUT2D eigenvalue weighted by Gasteiger charge is 2.09. The Bertz CT molecular complexity index is 567. The molecule has 2 aromatic rings. The maximum Gasteiger partial charge on any atom is 0.169 e. The number of benzene rings is 2. The van der Waals surface area contributed by atoms with Crippen LogP contribution in [-0.2, 0) is 0 Å². The molecule has 0 aromatic heterocycles. The first-order valence-corrected chi connectivity index (χ1v) is 6.69. The Morgan fingerprint density at radius 1 is 1.11 bits per heavy atom. The van der Waals surface area contributed by atoms with Gasteiger partial charge in [0.2, 0.25) is 0 Å². The number of hydrogen-bond acceptors (Lipinski definition) is 3. The number of aliphatic hydroxyl groups is 1. The zero-order valence-electron chi connectivity index (χ0n) is 10.8. The molecule has 0 amide bonds. The molecule has 0 saturated heterocycles. The maximum absolute atomic E-state index is 9.58. The molecule has 19 heavy (non-hydrogen) atoms. The van der Waals surface area contributed by atoms with Crippen LogP contribution in [0.1, 0.15) is 18.6 Å². The van der Waals surface area contributed by atoms with Crippen LogP contribution in [0, 0.1) is 0 Å². The zero-order chi connectivity index (χ0) is 13.8. The van der Waals surface area contributed by atoms with Gasteiger partial charge in [-0.25, -0.2) is 0 Å². The van der Waals surface area contributed by atoms with Gasteiger partial charge in [-0.05, 0) is 36.8 Å². The van der Waals surface area contributed by atoms with Crippen molar-refractivity contribution in [1.29, 1.82) is 0 Å². The van der Waals surface area contributed by atoms with E-state index < -0.39 is 6.10 Å². The van der Waals surface area contributed by atoms with Crippen molar-refractivity contribution in [3.05, 3.63) is 52.5 Å². The van der Waals surface area contributed by atoms with Gasteiger partial charge in [0, 0.05) is 4.47 Å². The number of rotatable bonds is 4. The molecule has 100 valence electrons. The van der Waals surface area contributed by atoms with Crippen LogP contribution in [0.3, 0.4) is 0 Å². The van der Waals surface area contributed by atoms with E-state index in [1.807, 2.05) is 42.5 Å². The van der Waals surface area contributed by atoms with Crippen molar-refractivity contribution in [1.82, 2.24) is 0 Å². The smallest absolute Gasteiger partial charge is 0.169 e. The van der Waals surface area contributed by atoms with Crippen molar-refractivity contribution in [3.8, 4) is 17.2 Å². The first kappa shape index (κ1) is 13.9. The van der Waals surface area contributed by atoms with E-state index in [4.69, 9.17) is 9.47 Å². The highest BCUT2D eigenvalue weighted by Crippen LogP contribution is 2.34. The molecule has 0 heterocycles. The van der Waals surface area contributed by atoms with Crippen LogP contribution in [0.15, 0.2) is 46.9 Å². The van der Waals surface area contributed by atoms with Gasteiger partial charge in [0.1, 0.15) is 5.75 Å². The van der Waals surface area contributed by atoms with Gasteiger partial charge in [-0.2, -0.15) is 0 Å². The third-order valence-electron chi connectivity index (χ3n) is 2.72. The van der Waals surface area contributed by atoms with E-state index in [2.05, 4.69) is 15.9 Å². The van der Waals surface area contributed by atoms with Gasteiger partial charge in [-0.1, -0.05) is 34.1 Å². The monoisotopic (exact) mass is 322 g/mol. The lowest BCUT2D eigenvalue weighted by Crippen LogP contribution is -1.94. The molecule has 0 unspecified atom stereocenters. The number of ether oxygens (including phenoxy) is 2. The van der Waals surface area contributed by atoms with Gasteiger partial charge < -0.3 is 14.6 Å². The van der Waals surface area contributed by atoms with E-state index >= 15 is 0 Å². The molecule has 1 N–H and O–H groups in total. The lowest BCUT2D eigenvalue weighted by molar-refractivity contribution is 0.198. The summed E-state index contributed by atoms with van der Waals surface area (Å²) < 4.78 is 11.8. The highest BCUT2D eigenvalue weighted by atomic mass is 79.9. The summed E-state index contributed by atoms with van der Waals surface area (Å²) in [6.07, 6.45) is -0.519. The molecule has 2 rings (SSSR count). The molecule has 2 aromatic carbocycles. The molecule has 1 atom stereocenters. The van der Waals surface area contributed by atoms with E-state index in [1.165, 1.54) is 0 Å². The summed E-state index contributed by atoms with van der Waals surface area (Å²) in [4.78, 5) is 0. The zero-order valence-corrected chi connectivity index (χ0v) is 12.3. The number of halogens is 1. The molecule has 0 spiro atoms. The van der Waals surface area contributed by atoms with E-state index in [0.29, 0.717) is 17.2 Å². The van der Waals surface area contributed by atoms with Crippen LogP contribution in [0.25, 0.3) is 0 Å². The third kappa shape index (κ3) is 3.28. The van der Waals surface area contributed by atoms with Gasteiger partial charge in [-0.15, -0.1) is 0 Å². The predicted molar refractivity (Wildman–Crippen MR) is 77.8 cm³/mol. The lowest BCUT2D eigenvalue weighted by Gasteiger charge is -2.12. The molecule has 0 bridgehead atoms. The summed E-state index contributed by atoms with van der Waals surface area (Å²) in [6, 6.07) is 12.9. The SMILES string of the molecule is COc1ccccc1Oc1ccc([C@@H](C)O)c(Br)c1. The Balaban J connectivity index is 2.26. The molecule has 0 fully saturated rings. The summed E-state index contributed by atoms with van der Waals surface area (Å²) in [7, 11) is 1.61. The number of methoxy groups -OCH3 is 1. The molecule has 0 radical (unpaired) electrons. The van der Waals surface area contributed by atoms with E-state index in [1.54, 1.807) is 14.0 Å². The Morgan fingerprint density at radius 2 is 1.79 bits per heavy atom. The summed E-state index contributed by atoms with van der Waals surface area (Å²) in [6.45, 7) is 1.72. The van der Waals surface area contributed by atoms with Crippen LogP contribution >= 0.6 is 15.9 Å². The second-order valence-electron chi connectivity index (χ2n) is 4.11. The number of para-hydroxylation sites is 2. The third-order valence-corrected chi connectivity index (χ3v) is 3.41. The van der Waals surface area contributed by atoms with E-state index in [0.717, 1.165) is 10.0 Å². The first-order chi connectivity index (χ1) is 9.11. The molecule has 0 aliphatic heterocycles. The van der Waals surface area contributed by atoms with Crippen molar-refractivity contribution in [2.24, 2.45) is 0 Å². The molecule has 0 aliphatic carbocycles. The van der Waals surface area contributed by atoms with Crippen LogP contribution in [0.5, 0.6) is 17.2 Å². The molecule has 0 aliphatic rings. The quantitative estimate of drug-likeness (QED) is 0.911. The molecule has 4 heteroatoms. The second kappa shape index (κ2) is 6.08. The van der Waals surface area contributed by atoms with Crippen LogP contribution in [0.2, 0.25) is 0 Å². The second-order valence-corrected chi connectivity index (χ2v) is 4.97. The van der Waals surface area contributed by atoms with E-state index in [9.17, 15) is 5.11 Å². The van der Waals surface area contributed by atoms with Crippen molar-refractivity contribution in [2.45, 2.75) is 13.0 Å². The fourth-order valence-electron chi connectivity index (χ4n) is 1.74. The minimum atomic E-state index is -0.519. The number of hydrogen-bond donors (Lipinski definition) is 1. The summed E-state index contributed by atoms with van der Waals surface area (Å²) in [5, 5.41) is 9.58. The fourth-order valence-corrected chi connectivity index (χ4v) is 2.43. The van der Waals surface area contributed by atoms with Crippen molar-refractivity contribution >= 4 is 15.9 Å². The normalized spacial score (nSPS) is 12.0. The van der Waals surface area contributed by atoms with Crippen LogP contribution < -0.4 is 9.47 Å². The van der Waals surface area contributed by atoms with Crippen molar-refractivity contribution in [2.75, 3.05) is 7.11 Å². The molecular weight excluding hydrogens is 308 g/mol. The molecule has 3 nitrogen and oxygen atoms in total. The minimum absolute atomic E-state index is 0.519. The minimum Gasteiger partial charge on any atom is -0.493 e. The van der Waals surface area contributed by atoms with Gasteiger partial charge in [0.15, 0.2) is 11.5 Å². The predicted octanol–water partition coefficient (Wildman–Crippen LogP) is 4.30. The Morgan fingerprint density at radius 3 is 2.37 bits per heavy atom. The van der Waals surface area contributed by atoms with Crippen LogP contribution in [0.4, 0.5) is 0 Å². The van der Waals surface area contributed by atoms with Gasteiger partial charge in [0.05, 0.1) is 13.2 Å². The first-order valence-electron chi connectivity index (χ1n) is 5.90. The standard InChI is InChI=1S/C15H15BrO3/c1-10(17)12-8-7-11(9-13(12)16)19-15-6-4-3-5-14(15)18-2/h3-10,17H,1-2H3/t10-/m1/s1. The fraction of sp³-hybridized carbons (Fsp3) is 0.200. The average molecular weight is 323 g/mol. The summed E-state index contributed by atoms with van der Waals surface area (Å²) >= 11 is 3.43. The van der Waals surface area contributed by atoms with E-state index in [-0.39, 0.29) is 0 Å². The van der Waals surface area contributed by atoms with Crippen molar-refractivity contribution < 1.29 is 14.6 Å². The van der Waals surface area contributed by atoms with Crippen molar-refractivity contribution in [3.63, 3.8) is 0 Å². The maximum atomic E-state index is 9.58. The Labute approximate surface area is 120 Å². The Hall–Kier alpha value is -1.52. The van der Waals surface area contributed by atoms with Gasteiger partial charge >= 0.3 is 0 Å². The van der Waals surface area contributed by atoms with Gasteiger partial charge in [-0.3, -0.25) is 0 Å². The highest BCUT2D eigenvalue weighted by molar-refractivity contribution is 9.10. The molecular formula is C15H15BrO3. The Kier molecular flexibility index (Phi) is 4.45. The summed E-state index contributed by atoms with van der Waals surface area (Å²) in [5.74, 6) is 2.01. The number of aliphatic hydroxyl groups excluding tert-OH is 1. The summed E-state index contributed by atoms with van der Waals surface area (Å²) in [5.41, 5.74) is 0.826. The van der Waals surface area contributed by atoms with Gasteiger partial charge in [0.25, 0.3) is 0 Å². The van der Waals surface area contributed by atoms with Crippen LogP contribution in [-0.4, -0.2) is 12.2 Å². The topological polar surface area (TPSA) is 38.7 Å². The molecule has 0 saturated carbocycles.